The molecule has 0 aliphatic rings. The third-order valence-electron chi connectivity index (χ3n) is 3.12. The zero-order valence-corrected chi connectivity index (χ0v) is 12.9. The van der Waals surface area contributed by atoms with Gasteiger partial charge >= 0.3 is 0 Å². The molecule has 1 aromatic carbocycles. The lowest BCUT2D eigenvalue weighted by molar-refractivity contribution is 0.152. The van der Waals surface area contributed by atoms with E-state index in [1.807, 2.05) is 0 Å². The number of hydrogen-bond donors (Lipinski definition) is 1. The molecule has 1 aromatic heterocycles. The summed E-state index contributed by atoms with van der Waals surface area (Å²) >= 11 is 12.0. The van der Waals surface area contributed by atoms with E-state index in [1.54, 1.807) is 17.9 Å². The monoisotopic (exact) mass is 332 g/mol. The van der Waals surface area contributed by atoms with Gasteiger partial charge in [-0.15, -0.1) is 0 Å². The number of methoxy groups -OCH3 is 1. The Labute approximate surface area is 132 Å². The molecule has 2 aromatic rings. The molecule has 0 bridgehead atoms. The number of rotatable bonds is 6. The molecule has 114 valence electrons. The number of aliphatic hydroxyl groups excluding tert-OH is 1. The lowest BCUT2D eigenvalue weighted by Gasteiger charge is -2.15. The van der Waals surface area contributed by atoms with Crippen molar-refractivity contribution in [3.8, 4) is 0 Å². The summed E-state index contributed by atoms with van der Waals surface area (Å²) in [7, 11) is 1.57. The summed E-state index contributed by atoms with van der Waals surface area (Å²) in [4.78, 5) is 0. The third kappa shape index (κ3) is 3.74. The molecule has 1 N–H and O–H groups in total. The summed E-state index contributed by atoms with van der Waals surface area (Å²) in [5.74, 6) is -0.458. The SMILES string of the molecule is COCCn1ncc(Cl)c1C(O)Cc1c(F)cccc1Cl. The van der Waals surface area contributed by atoms with Crippen molar-refractivity contribution in [3.05, 3.63) is 51.5 Å². The highest BCUT2D eigenvalue weighted by Crippen LogP contribution is 2.29. The molecule has 0 aliphatic heterocycles. The Morgan fingerprint density at radius 3 is 2.81 bits per heavy atom. The summed E-state index contributed by atoms with van der Waals surface area (Å²) in [5, 5.41) is 15.0. The number of halogens is 3. The van der Waals surface area contributed by atoms with E-state index in [0.29, 0.717) is 23.9 Å². The Balaban J connectivity index is 2.24. The predicted octanol–water partition coefficient (Wildman–Crippen LogP) is 3.25. The lowest BCUT2D eigenvalue weighted by Crippen LogP contribution is -2.14. The molecule has 1 unspecified atom stereocenters. The first-order valence-corrected chi connectivity index (χ1v) is 7.11. The van der Waals surface area contributed by atoms with Crippen LogP contribution in [-0.2, 0) is 17.7 Å². The number of hydrogen-bond acceptors (Lipinski definition) is 3. The van der Waals surface area contributed by atoms with Crippen LogP contribution in [0.4, 0.5) is 4.39 Å². The molecule has 0 saturated heterocycles. The van der Waals surface area contributed by atoms with Crippen molar-refractivity contribution in [1.29, 1.82) is 0 Å². The summed E-state index contributed by atoms with van der Waals surface area (Å²) in [5.41, 5.74) is 0.676. The topological polar surface area (TPSA) is 47.3 Å². The van der Waals surface area contributed by atoms with Crippen LogP contribution < -0.4 is 0 Å². The molecule has 0 radical (unpaired) electrons. The van der Waals surface area contributed by atoms with E-state index in [9.17, 15) is 9.50 Å². The average Bonchev–Trinajstić information content (AvgIpc) is 2.81. The average molecular weight is 333 g/mol. The summed E-state index contributed by atoms with van der Waals surface area (Å²) in [6.45, 7) is 0.874. The highest BCUT2D eigenvalue weighted by Gasteiger charge is 2.21. The molecule has 1 atom stereocenters. The molecule has 0 aliphatic carbocycles. The first-order valence-electron chi connectivity index (χ1n) is 6.35. The van der Waals surface area contributed by atoms with E-state index in [4.69, 9.17) is 27.9 Å². The van der Waals surface area contributed by atoms with Crippen LogP contribution in [0.2, 0.25) is 10.0 Å². The van der Waals surface area contributed by atoms with Crippen molar-refractivity contribution >= 4 is 23.2 Å². The Morgan fingerprint density at radius 2 is 2.14 bits per heavy atom. The number of aliphatic hydroxyl groups is 1. The molecule has 0 fully saturated rings. The van der Waals surface area contributed by atoms with Crippen LogP contribution in [0.25, 0.3) is 0 Å². The van der Waals surface area contributed by atoms with Crippen LogP contribution >= 0.6 is 23.2 Å². The summed E-state index contributed by atoms with van der Waals surface area (Å²) in [6, 6.07) is 4.40. The maximum atomic E-state index is 13.8. The largest absolute Gasteiger partial charge is 0.386 e. The van der Waals surface area contributed by atoms with Gasteiger partial charge in [0.2, 0.25) is 0 Å². The second-order valence-electron chi connectivity index (χ2n) is 4.51. The van der Waals surface area contributed by atoms with Gasteiger partial charge in [0.1, 0.15) is 11.9 Å². The maximum absolute atomic E-state index is 13.8. The van der Waals surface area contributed by atoms with Crippen molar-refractivity contribution < 1.29 is 14.2 Å². The molecule has 21 heavy (non-hydrogen) atoms. The minimum Gasteiger partial charge on any atom is -0.386 e. The van der Waals surface area contributed by atoms with Crippen LogP contribution in [0.3, 0.4) is 0 Å². The van der Waals surface area contributed by atoms with E-state index < -0.39 is 11.9 Å². The second kappa shape index (κ2) is 7.22. The van der Waals surface area contributed by atoms with Crippen LogP contribution in [0, 0.1) is 5.82 Å². The molecule has 4 nitrogen and oxygen atoms in total. The standard InChI is InChI=1S/C14H15Cl2FN2O2/c1-21-6-5-19-14(11(16)8-18-19)13(20)7-9-10(15)3-2-4-12(9)17/h2-4,8,13,20H,5-7H2,1H3. The van der Waals surface area contributed by atoms with Gasteiger partial charge in [0, 0.05) is 24.1 Å². The Morgan fingerprint density at radius 1 is 1.38 bits per heavy atom. The lowest BCUT2D eigenvalue weighted by atomic mass is 10.0. The Bertz CT molecular complexity index is 599. The van der Waals surface area contributed by atoms with Gasteiger partial charge in [-0.2, -0.15) is 5.10 Å². The quantitative estimate of drug-likeness (QED) is 0.883. The van der Waals surface area contributed by atoms with Gasteiger partial charge in [-0.3, -0.25) is 4.68 Å². The van der Waals surface area contributed by atoms with Gasteiger partial charge < -0.3 is 9.84 Å². The molecular weight excluding hydrogens is 318 g/mol. The second-order valence-corrected chi connectivity index (χ2v) is 5.33. The zero-order chi connectivity index (χ0) is 15.4. The molecule has 7 heteroatoms. The van der Waals surface area contributed by atoms with Gasteiger partial charge in [0.05, 0.1) is 30.1 Å². The van der Waals surface area contributed by atoms with Crippen LogP contribution in [0.15, 0.2) is 24.4 Å². The maximum Gasteiger partial charge on any atom is 0.127 e. The van der Waals surface area contributed by atoms with Gasteiger partial charge in [0.25, 0.3) is 0 Å². The first-order chi connectivity index (χ1) is 10.0. The van der Waals surface area contributed by atoms with Gasteiger partial charge in [-0.05, 0) is 12.1 Å². The minimum atomic E-state index is -1.01. The molecule has 0 saturated carbocycles. The smallest absolute Gasteiger partial charge is 0.127 e. The molecular formula is C14H15Cl2FN2O2. The molecule has 2 rings (SSSR count). The Kier molecular flexibility index (Phi) is 5.58. The van der Waals surface area contributed by atoms with E-state index in [0.717, 1.165) is 0 Å². The number of benzene rings is 1. The fraction of sp³-hybridized carbons (Fsp3) is 0.357. The van der Waals surface area contributed by atoms with E-state index in [-0.39, 0.29) is 17.0 Å². The molecule has 0 spiro atoms. The van der Waals surface area contributed by atoms with E-state index in [1.165, 1.54) is 18.3 Å². The van der Waals surface area contributed by atoms with Crippen molar-refractivity contribution in [2.45, 2.75) is 19.1 Å². The summed E-state index contributed by atoms with van der Waals surface area (Å²) < 4.78 is 20.3. The number of nitrogens with zero attached hydrogens (tertiary/aromatic N) is 2. The molecule has 1 heterocycles. The third-order valence-corrected chi connectivity index (χ3v) is 3.76. The van der Waals surface area contributed by atoms with Crippen LogP contribution in [0.5, 0.6) is 0 Å². The van der Waals surface area contributed by atoms with Crippen molar-refractivity contribution in [3.63, 3.8) is 0 Å². The van der Waals surface area contributed by atoms with Crippen LogP contribution in [0.1, 0.15) is 17.4 Å². The van der Waals surface area contributed by atoms with Crippen LogP contribution in [-0.4, -0.2) is 28.6 Å². The van der Waals surface area contributed by atoms with Gasteiger partial charge in [-0.25, -0.2) is 4.39 Å². The highest BCUT2D eigenvalue weighted by atomic mass is 35.5. The normalized spacial score (nSPS) is 12.6. The predicted molar refractivity (Wildman–Crippen MR) is 79.2 cm³/mol. The first kappa shape index (κ1) is 16.2. The minimum absolute atomic E-state index is 0.0178. The highest BCUT2D eigenvalue weighted by molar-refractivity contribution is 6.31. The number of aromatic nitrogens is 2. The number of ether oxygens (including phenoxy) is 1. The fourth-order valence-electron chi connectivity index (χ4n) is 2.08. The molecule has 0 amide bonds. The van der Waals surface area contributed by atoms with Gasteiger partial charge in [-0.1, -0.05) is 29.3 Å². The van der Waals surface area contributed by atoms with E-state index in [2.05, 4.69) is 5.10 Å². The fourth-order valence-corrected chi connectivity index (χ4v) is 2.58. The van der Waals surface area contributed by atoms with E-state index >= 15 is 0 Å². The summed E-state index contributed by atoms with van der Waals surface area (Å²) in [6.07, 6.45) is 0.453. The van der Waals surface area contributed by atoms with Crippen molar-refractivity contribution in [2.75, 3.05) is 13.7 Å². The Hall–Kier alpha value is -1.14. The van der Waals surface area contributed by atoms with Gasteiger partial charge in [0.15, 0.2) is 0 Å². The van der Waals surface area contributed by atoms with Crippen molar-refractivity contribution in [2.24, 2.45) is 0 Å². The zero-order valence-electron chi connectivity index (χ0n) is 11.4. The van der Waals surface area contributed by atoms with Crippen molar-refractivity contribution in [1.82, 2.24) is 9.78 Å².